The van der Waals surface area contributed by atoms with E-state index in [1.165, 1.54) is 16.9 Å². The number of ether oxygens (including phenoxy) is 2. The van der Waals surface area contributed by atoms with E-state index in [1.807, 2.05) is 0 Å². The van der Waals surface area contributed by atoms with Gasteiger partial charge in [-0.2, -0.15) is 5.10 Å². The van der Waals surface area contributed by atoms with E-state index in [9.17, 15) is 19.2 Å². The van der Waals surface area contributed by atoms with Crippen molar-refractivity contribution in [2.75, 3.05) is 11.7 Å². The van der Waals surface area contributed by atoms with E-state index in [0.717, 1.165) is 0 Å². The molecule has 3 heterocycles. The van der Waals surface area contributed by atoms with Crippen molar-refractivity contribution in [1.82, 2.24) is 14.8 Å². The molecule has 0 spiro atoms. The van der Waals surface area contributed by atoms with E-state index in [0.29, 0.717) is 22.3 Å². The summed E-state index contributed by atoms with van der Waals surface area (Å²) in [6.45, 7) is 1.73. The summed E-state index contributed by atoms with van der Waals surface area (Å²) in [5, 5.41) is 28.7. The van der Waals surface area contributed by atoms with Gasteiger partial charge in [0.05, 0.1) is 29.9 Å². The molecular weight excluding hydrogens is 494 g/mol. The Morgan fingerprint density at radius 1 is 1.32 bits per heavy atom. The standard InChI is InChI=1S/C20H23ClFN4O7P/c1-10(11-4-2-3-5-13(11)22)24-14-6-16(21)25-19-12(14)7-23-26(19)8-15-17(27)18(28)20(33-15)32-9-34(29,30)31/h2-7,10,15,17-18,20,27-28H,8-9H2,1H3,(H,24,25)(H2,29,30,31)/t10-,15+,17-,18-,20-/m0/s1. The van der Waals surface area contributed by atoms with Crippen molar-refractivity contribution >= 4 is 35.9 Å². The van der Waals surface area contributed by atoms with E-state index >= 15 is 0 Å². The zero-order chi connectivity index (χ0) is 24.6. The first-order valence-corrected chi connectivity index (χ1v) is 12.4. The monoisotopic (exact) mass is 516 g/mol. The SMILES string of the molecule is C[C@H](Nc1cc(Cl)nc2c1cnn2C[C@H]1O[C@H](OCP(=O)(O)O)[C@@H](O)[C@H]1O)c1ccccc1F. The van der Waals surface area contributed by atoms with E-state index in [-0.39, 0.29) is 17.5 Å². The topological polar surface area (TPSA) is 159 Å². The van der Waals surface area contributed by atoms with Gasteiger partial charge in [-0.1, -0.05) is 29.8 Å². The Bertz CT molecular complexity index is 1220. The first-order valence-electron chi connectivity index (χ1n) is 10.2. The van der Waals surface area contributed by atoms with Crippen molar-refractivity contribution in [3.8, 4) is 0 Å². The maximum Gasteiger partial charge on any atom is 0.351 e. The number of hydrogen-bond donors (Lipinski definition) is 5. The highest BCUT2D eigenvalue weighted by Gasteiger charge is 2.44. The van der Waals surface area contributed by atoms with Crippen LogP contribution in [0.25, 0.3) is 11.0 Å². The van der Waals surface area contributed by atoms with Crippen LogP contribution in [0.1, 0.15) is 18.5 Å². The number of rotatable bonds is 8. The van der Waals surface area contributed by atoms with Crippen LogP contribution in [0.3, 0.4) is 0 Å². The summed E-state index contributed by atoms with van der Waals surface area (Å²) in [6.07, 6.45) is -4.80. The Hall–Kier alpha value is -2.15. The molecule has 1 saturated heterocycles. The Kier molecular flexibility index (Phi) is 7.22. The van der Waals surface area contributed by atoms with Gasteiger partial charge in [0.25, 0.3) is 0 Å². The molecule has 1 aliphatic heterocycles. The minimum Gasteiger partial charge on any atom is -0.387 e. The molecule has 11 nitrogen and oxygen atoms in total. The lowest BCUT2D eigenvalue weighted by Crippen LogP contribution is -2.35. The van der Waals surface area contributed by atoms with Crippen LogP contribution in [-0.4, -0.2) is 65.7 Å². The Morgan fingerprint density at radius 3 is 2.76 bits per heavy atom. The van der Waals surface area contributed by atoms with Crippen LogP contribution >= 0.6 is 19.2 Å². The van der Waals surface area contributed by atoms with Gasteiger partial charge in [0.2, 0.25) is 0 Å². The van der Waals surface area contributed by atoms with Crippen LogP contribution < -0.4 is 5.32 Å². The van der Waals surface area contributed by atoms with E-state index in [2.05, 4.69) is 15.4 Å². The van der Waals surface area contributed by atoms with Crippen molar-refractivity contribution in [1.29, 1.82) is 0 Å². The summed E-state index contributed by atoms with van der Waals surface area (Å²) in [5.41, 5.74) is 1.38. The first kappa shape index (κ1) is 25.0. The summed E-state index contributed by atoms with van der Waals surface area (Å²) >= 11 is 6.21. The first-order chi connectivity index (χ1) is 16.0. The van der Waals surface area contributed by atoms with Crippen LogP contribution in [0.2, 0.25) is 5.15 Å². The molecule has 14 heteroatoms. The number of aliphatic hydroxyl groups is 2. The fraction of sp³-hybridized carbons (Fsp3) is 0.400. The fourth-order valence-corrected chi connectivity index (χ4v) is 4.28. The molecule has 0 saturated carbocycles. The van der Waals surface area contributed by atoms with Crippen molar-refractivity contribution < 1.29 is 38.4 Å². The zero-order valence-electron chi connectivity index (χ0n) is 17.8. The number of fused-ring (bicyclic) bond motifs is 1. The van der Waals surface area contributed by atoms with Gasteiger partial charge in [-0.25, -0.2) is 14.1 Å². The second-order valence-electron chi connectivity index (χ2n) is 7.93. The summed E-state index contributed by atoms with van der Waals surface area (Å²) in [4.78, 5) is 22.2. The summed E-state index contributed by atoms with van der Waals surface area (Å²) in [5.74, 6) is -0.351. The van der Waals surface area contributed by atoms with Gasteiger partial charge >= 0.3 is 7.60 Å². The number of benzene rings is 1. The minimum absolute atomic E-state index is 0.0624. The third kappa shape index (κ3) is 5.40. The number of nitrogens with zero attached hydrogens (tertiary/aromatic N) is 3. The normalized spacial score (nSPS) is 24.0. The average molecular weight is 517 g/mol. The minimum atomic E-state index is -4.49. The molecule has 0 amide bonds. The molecule has 1 aliphatic rings. The maximum absolute atomic E-state index is 14.2. The molecule has 0 unspecified atom stereocenters. The van der Waals surface area contributed by atoms with Crippen molar-refractivity contribution in [3.05, 3.63) is 53.1 Å². The lowest BCUT2D eigenvalue weighted by Gasteiger charge is -2.18. The molecule has 0 aliphatic carbocycles. The molecule has 34 heavy (non-hydrogen) atoms. The number of pyridine rings is 1. The average Bonchev–Trinajstić information content (AvgIpc) is 3.28. The molecule has 5 atom stereocenters. The summed E-state index contributed by atoms with van der Waals surface area (Å²) < 4.78 is 37.0. The lowest BCUT2D eigenvalue weighted by atomic mass is 10.1. The Labute approximate surface area is 198 Å². The molecule has 3 aromatic rings. The number of anilines is 1. The summed E-state index contributed by atoms with van der Waals surface area (Å²) in [7, 11) is -4.49. The van der Waals surface area contributed by atoms with Crippen LogP contribution in [0.4, 0.5) is 10.1 Å². The fourth-order valence-electron chi connectivity index (χ4n) is 3.75. The van der Waals surface area contributed by atoms with E-state index in [4.69, 9.17) is 30.9 Å². The highest BCUT2D eigenvalue weighted by molar-refractivity contribution is 7.51. The number of nitrogens with one attached hydrogen (secondary N) is 1. The zero-order valence-corrected chi connectivity index (χ0v) is 19.5. The second kappa shape index (κ2) is 9.84. The highest BCUT2D eigenvalue weighted by atomic mass is 35.5. The quantitative estimate of drug-likeness (QED) is 0.221. The molecule has 2 aromatic heterocycles. The molecule has 5 N–H and O–H groups in total. The van der Waals surface area contributed by atoms with Gasteiger partial charge in [-0.05, 0) is 19.1 Å². The van der Waals surface area contributed by atoms with Crippen LogP contribution in [0, 0.1) is 5.82 Å². The third-order valence-electron chi connectivity index (χ3n) is 5.40. The van der Waals surface area contributed by atoms with Gasteiger partial charge in [0.15, 0.2) is 18.3 Å². The number of aliphatic hydroxyl groups excluding tert-OH is 2. The molecular formula is C20H23ClFN4O7P. The maximum atomic E-state index is 14.2. The second-order valence-corrected chi connectivity index (χ2v) is 9.90. The number of halogens is 2. The number of hydrogen-bond acceptors (Lipinski definition) is 8. The predicted molar refractivity (Wildman–Crippen MR) is 120 cm³/mol. The largest absolute Gasteiger partial charge is 0.387 e. The molecule has 0 bridgehead atoms. The van der Waals surface area contributed by atoms with Crippen LogP contribution in [0.5, 0.6) is 0 Å². The van der Waals surface area contributed by atoms with Crippen LogP contribution in [0.15, 0.2) is 36.5 Å². The summed E-state index contributed by atoms with van der Waals surface area (Å²) in [6, 6.07) is 7.58. The molecule has 4 rings (SSSR count). The number of aromatic nitrogens is 3. The molecule has 184 valence electrons. The Morgan fingerprint density at radius 2 is 2.06 bits per heavy atom. The van der Waals surface area contributed by atoms with Gasteiger partial charge in [0.1, 0.15) is 29.3 Å². The van der Waals surface area contributed by atoms with Crippen LogP contribution in [-0.2, 0) is 20.6 Å². The smallest absolute Gasteiger partial charge is 0.351 e. The van der Waals surface area contributed by atoms with Gasteiger partial charge < -0.3 is 34.8 Å². The van der Waals surface area contributed by atoms with Crippen molar-refractivity contribution in [2.24, 2.45) is 0 Å². The van der Waals surface area contributed by atoms with Crippen molar-refractivity contribution in [2.45, 2.75) is 44.1 Å². The molecule has 1 fully saturated rings. The van der Waals surface area contributed by atoms with Gasteiger partial charge in [-0.15, -0.1) is 0 Å². The van der Waals surface area contributed by atoms with Gasteiger partial charge in [0, 0.05) is 5.56 Å². The highest BCUT2D eigenvalue weighted by Crippen LogP contribution is 2.36. The Balaban J connectivity index is 1.54. The van der Waals surface area contributed by atoms with E-state index < -0.39 is 44.6 Å². The molecule has 1 aromatic carbocycles. The van der Waals surface area contributed by atoms with Gasteiger partial charge in [-0.3, -0.25) is 4.57 Å². The lowest BCUT2D eigenvalue weighted by molar-refractivity contribution is -0.158. The van der Waals surface area contributed by atoms with Crippen molar-refractivity contribution in [3.63, 3.8) is 0 Å². The predicted octanol–water partition coefficient (Wildman–Crippen LogP) is 2.00. The third-order valence-corrected chi connectivity index (χ3v) is 6.08. The van der Waals surface area contributed by atoms with E-state index in [1.54, 1.807) is 31.2 Å². The molecule has 0 radical (unpaired) electrons.